The Kier molecular flexibility index (Phi) is 6.97. The van der Waals surface area contributed by atoms with Crippen molar-refractivity contribution in [3.05, 3.63) is 76.7 Å². The first-order valence-electron chi connectivity index (χ1n) is 12.2. The number of anilines is 2. The Bertz CT molecular complexity index is 1470. The SMILES string of the molecule is CN1CCN(c2c(N3CCN(S(=O)(=O)c4cccc(C#N)c4)CC3)cnn(-c3ccccc3)c2=O)CC1. The fourth-order valence-corrected chi connectivity index (χ4v) is 6.26. The Balaban J connectivity index is 1.44. The summed E-state index contributed by atoms with van der Waals surface area (Å²) in [6.07, 6.45) is 1.72. The van der Waals surface area contributed by atoms with Gasteiger partial charge in [0.1, 0.15) is 5.69 Å². The zero-order valence-corrected chi connectivity index (χ0v) is 21.5. The van der Waals surface area contributed by atoms with Crippen LogP contribution in [0, 0.1) is 11.3 Å². The topological polar surface area (TPSA) is 106 Å². The highest BCUT2D eigenvalue weighted by Gasteiger charge is 2.31. The van der Waals surface area contributed by atoms with Crippen LogP contribution < -0.4 is 15.4 Å². The van der Waals surface area contributed by atoms with Gasteiger partial charge in [-0.2, -0.15) is 19.3 Å². The van der Waals surface area contributed by atoms with Gasteiger partial charge in [0.2, 0.25) is 10.0 Å². The normalized spacial score (nSPS) is 17.5. The van der Waals surface area contributed by atoms with Gasteiger partial charge in [0, 0.05) is 52.4 Å². The summed E-state index contributed by atoms with van der Waals surface area (Å²) in [5.41, 5.74) is 2.15. The smallest absolute Gasteiger partial charge is 0.297 e. The molecule has 0 aliphatic carbocycles. The molecule has 11 heteroatoms. The molecule has 0 bridgehead atoms. The van der Waals surface area contributed by atoms with E-state index in [0.29, 0.717) is 30.0 Å². The van der Waals surface area contributed by atoms with Gasteiger partial charge in [-0.25, -0.2) is 8.42 Å². The number of hydrogen-bond acceptors (Lipinski definition) is 8. The Morgan fingerprint density at radius 2 is 1.54 bits per heavy atom. The van der Waals surface area contributed by atoms with Gasteiger partial charge in [0.15, 0.2) is 0 Å². The van der Waals surface area contributed by atoms with Crippen molar-refractivity contribution in [2.45, 2.75) is 4.90 Å². The van der Waals surface area contributed by atoms with E-state index in [0.717, 1.165) is 31.9 Å². The van der Waals surface area contributed by atoms with Crippen LogP contribution in [0.25, 0.3) is 5.69 Å². The van der Waals surface area contributed by atoms with Crippen LogP contribution in [0.1, 0.15) is 5.56 Å². The molecule has 0 unspecified atom stereocenters. The number of aromatic nitrogens is 2. The molecule has 37 heavy (non-hydrogen) atoms. The van der Waals surface area contributed by atoms with Gasteiger partial charge in [0.05, 0.1) is 34.1 Å². The van der Waals surface area contributed by atoms with E-state index in [2.05, 4.69) is 26.8 Å². The molecule has 2 fully saturated rings. The number of rotatable bonds is 5. The summed E-state index contributed by atoms with van der Waals surface area (Å²) in [7, 11) is -1.66. The molecule has 0 radical (unpaired) electrons. The van der Waals surface area contributed by atoms with Crippen LogP contribution in [0.15, 0.2) is 70.5 Å². The molecule has 5 rings (SSSR count). The van der Waals surface area contributed by atoms with Gasteiger partial charge in [0.25, 0.3) is 5.56 Å². The first-order chi connectivity index (χ1) is 17.9. The highest BCUT2D eigenvalue weighted by Crippen LogP contribution is 2.29. The predicted molar refractivity (Wildman–Crippen MR) is 142 cm³/mol. The molecule has 0 saturated carbocycles. The standard InChI is InChI=1S/C26H29N7O3S/c1-29-10-12-31(13-11-29)25-24(20-28-33(26(25)34)22-7-3-2-4-8-22)30-14-16-32(17-15-30)37(35,36)23-9-5-6-21(18-23)19-27/h2-9,18,20H,10-17H2,1H3. The molecule has 2 aromatic carbocycles. The van der Waals surface area contributed by atoms with Crippen molar-refractivity contribution in [2.75, 3.05) is 69.2 Å². The van der Waals surface area contributed by atoms with Gasteiger partial charge in [-0.1, -0.05) is 24.3 Å². The van der Waals surface area contributed by atoms with E-state index in [1.807, 2.05) is 36.4 Å². The average Bonchev–Trinajstić information content (AvgIpc) is 2.94. The number of sulfonamides is 1. The van der Waals surface area contributed by atoms with E-state index >= 15 is 0 Å². The minimum absolute atomic E-state index is 0.116. The van der Waals surface area contributed by atoms with Gasteiger partial charge in [-0.15, -0.1) is 0 Å². The van der Waals surface area contributed by atoms with Crippen molar-refractivity contribution < 1.29 is 8.42 Å². The first kappa shape index (κ1) is 25.0. The van der Waals surface area contributed by atoms with E-state index < -0.39 is 10.0 Å². The third kappa shape index (κ3) is 4.96. The lowest BCUT2D eigenvalue weighted by Gasteiger charge is -2.39. The number of nitrogens with zero attached hydrogens (tertiary/aromatic N) is 7. The molecule has 192 valence electrons. The molecular formula is C26H29N7O3S. The summed E-state index contributed by atoms with van der Waals surface area (Å²) < 4.78 is 29.3. The van der Waals surface area contributed by atoms with Crippen LogP contribution >= 0.6 is 0 Å². The van der Waals surface area contributed by atoms with Crippen LogP contribution in [-0.4, -0.2) is 86.8 Å². The van der Waals surface area contributed by atoms with Crippen molar-refractivity contribution in [1.29, 1.82) is 5.26 Å². The molecule has 10 nitrogen and oxygen atoms in total. The molecule has 3 heterocycles. The third-order valence-electron chi connectivity index (χ3n) is 6.93. The number of nitriles is 1. The molecule has 2 aliphatic heterocycles. The Morgan fingerprint density at radius 1 is 0.865 bits per heavy atom. The highest BCUT2D eigenvalue weighted by atomic mass is 32.2. The zero-order chi connectivity index (χ0) is 26.0. The quantitative estimate of drug-likeness (QED) is 0.498. The summed E-state index contributed by atoms with van der Waals surface area (Å²) in [5.74, 6) is 0. The minimum atomic E-state index is -3.73. The Morgan fingerprint density at radius 3 is 2.22 bits per heavy atom. The van der Waals surface area contributed by atoms with E-state index in [1.165, 1.54) is 21.1 Å². The Hall–Kier alpha value is -3.72. The lowest BCUT2D eigenvalue weighted by Crippen LogP contribution is -2.51. The molecule has 0 atom stereocenters. The number of likely N-dealkylation sites (N-methyl/N-ethyl adjacent to an activating group) is 1. The molecule has 3 aromatic rings. The molecule has 0 amide bonds. The lowest BCUT2D eigenvalue weighted by molar-refractivity contribution is 0.312. The van der Waals surface area contributed by atoms with Crippen molar-refractivity contribution in [1.82, 2.24) is 19.0 Å². The average molecular weight is 520 g/mol. The molecular weight excluding hydrogens is 490 g/mol. The fourth-order valence-electron chi connectivity index (χ4n) is 4.79. The minimum Gasteiger partial charge on any atom is -0.366 e. The van der Waals surface area contributed by atoms with Gasteiger partial charge >= 0.3 is 0 Å². The summed E-state index contributed by atoms with van der Waals surface area (Å²) in [6.45, 7) is 4.53. The molecule has 2 aliphatic rings. The first-order valence-corrected chi connectivity index (χ1v) is 13.7. The van der Waals surface area contributed by atoms with Crippen LogP contribution in [-0.2, 0) is 10.0 Å². The lowest BCUT2D eigenvalue weighted by atomic mass is 10.2. The molecule has 0 N–H and O–H groups in total. The van der Waals surface area contributed by atoms with Crippen molar-refractivity contribution in [3.63, 3.8) is 0 Å². The van der Waals surface area contributed by atoms with Crippen LogP contribution in [0.3, 0.4) is 0 Å². The number of benzene rings is 2. The largest absolute Gasteiger partial charge is 0.366 e. The second kappa shape index (κ2) is 10.3. The molecule has 1 aromatic heterocycles. The third-order valence-corrected chi connectivity index (χ3v) is 8.83. The predicted octanol–water partition coefficient (Wildman–Crippen LogP) is 1.37. The zero-order valence-electron chi connectivity index (χ0n) is 20.7. The summed E-state index contributed by atoms with van der Waals surface area (Å²) >= 11 is 0. The fraction of sp³-hybridized carbons (Fsp3) is 0.346. The van der Waals surface area contributed by atoms with Crippen molar-refractivity contribution in [3.8, 4) is 11.8 Å². The summed E-state index contributed by atoms with van der Waals surface area (Å²) in [5, 5.41) is 13.6. The van der Waals surface area contributed by atoms with Gasteiger partial charge in [-0.3, -0.25) is 4.79 Å². The second-order valence-electron chi connectivity index (χ2n) is 9.25. The molecule has 2 saturated heterocycles. The van der Waals surface area contributed by atoms with E-state index in [4.69, 9.17) is 5.26 Å². The number of para-hydroxylation sites is 1. The van der Waals surface area contributed by atoms with E-state index in [-0.39, 0.29) is 23.5 Å². The highest BCUT2D eigenvalue weighted by molar-refractivity contribution is 7.89. The van der Waals surface area contributed by atoms with Crippen molar-refractivity contribution in [2.24, 2.45) is 0 Å². The monoisotopic (exact) mass is 519 g/mol. The van der Waals surface area contributed by atoms with Crippen LogP contribution in [0.4, 0.5) is 11.4 Å². The van der Waals surface area contributed by atoms with Gasteiger partial charge < -0.3 is 14.7 Å². The maximum atomic E-state index is 13.8. The van der Waals surface area contributed by atoms with E-state index in [1.54, 1.807) is 18.3 Å². The van der Waals surface area contributed by atoms with Crippen molar-refractivity contribution >= 4 is 21.4 Å². The Labute approximate surface area is 216 Å². The number of hydrogen-bond donors (Lipinski definition) is 0. The maximum Gasteiger partial charge on any atom is 0.297 e. The van der Waals surface area contributed by atoms with Crippen LogP contribution in [0.5, 0.6) is 0 Å². The summed E-state index contributed by atoms with van der Waals surface area (Å²) in [6, 6.07) is 17.4. The molecule has 0 spiro atoms. The number of piperazine rings is 2. The summed E-state index contributed by atoms with van der Waals surface area (Å²) in [4.78, 5) is 20.3. The van der Waals surface area contributed by atoms with Gasteiger partial charge in [-0.05, 0) is 37.4 Å². The van der Waals surface area contributed by atoms with E-state index in [9.17, 15) is 13.2 Å². The second-order valence-corrected chi connectivity index (χ2v) is 11.2. The maximum absolute atomic E-state index is 13.8. The van der Waals surface area contributed by atoms with Crippen LogP contribution in [0.2, 0.25) is 0 Å².